The predicted octanol–water partition coefficient (Wildman–Crippen LogP) is 11.6. The molecule has 310 valence electrons. The van der Waals surface area contributed by atoms with Crippen LogP contribution in [-0.2, 0) is 25.2 Å². The van der Waals surface area contributed by atoms with E-state index in [0.29, 0.717) is 23.4 Å². The van der Waals surface area contributed by atoms with Crippen molar-refractivity contribution in [3.05, 3.63) is 177 Å². The topological polar surface area (TPSA) is 112 Å². The van der Waals surface area contributed by atoms with E-state index in [1.165, 1.54) is 40.9 Å². The number of carbonyl (C=O) groups excluding carboxylic acids is 1. The van der Waals surface area contributed by atoms with Crippen LogP contribution < -0.4 is 5.32 Å². The van der Waals surface area contributed by atoms with Crippen molar-refractivity contribution in [1.82, 2.24) is 15.3 Å². The Bertz CT molecular complexity index is 2870. The molecule has 8 aromatic rings. The van der Waals surface area contributed by atoms with Crippen LogP contribution in [0.5, 0.6) is 0 Å². The Morgan fingerprint density at radius 3 is 1.48 bits per heavy atom. The number of nitrogens with one attached hydrogen (secondary N) is 1. The average molecular weight is 870 g/mol. The first-order valence-electron chi connectivity index (χ1n) is 18.6. The molecule has 0 saturated heterocycles. The number of carbonyl (C=O) groups is 2. The maximum Gasteiger partial charge on any atom is 0.433 e. The van der Waals surface area contributed by atoms with Crippen molar-refractivity contribution in [3.8, 4) is 22.3 Å². The number of amides is 1. The van der Waals surface area contributed by atoms with Crippen LogP contribution in [0.2, 0.25) is 0 Å². The summed E-state index contributed by atoms with van der Waals surface area (Å²) in [6.07, 6.45) is -8.36. The molecule has 0 aliphatic rings. The van der Waals surface area contributed by atoms with Crippen LogP contribution in [0.1, 0.15) is 53.2 Å². The molecule has 0 fully saturated rings. The number of nitrogens with zero attached hydrogens (tertiary/aromatic N) is 2. The van der Waals surface area contributed by atoms with Gasteiger partial charge in [-0.1, -0.05) is 60.7 Å². The van der Waals surface area contributed by atoms with Crippen molar-refractivity contribution >= 4 is 54.7 Å². The number of halogens is 6. The fourth-order valence-corrected chi connectivity index (χ4v) is 8.86. The Labute approximate surface area is 352 Å². The van der Waals surface area contributed by atoms with Crippen molar-refractivity contribution in [2.24, 2.45) is 0 Å². The highest BCUT2D eigenvalue weighted by molar-refractivity contribution is 7.19. The summed E-state index contributed by atoms with van der Waals surface area (Å²) in [7, 11) is 0. The van der Waals surface area contributed by atoms with Crippen molar-refractivity contribution < 1.29 is 46.1 Å². The van der Waals surface area contributed by atoms with Crippen LogP contribution >= 0.6 is 22.7 Å². The van der Waals surface area contributed by atoms with E-state index in [2.05, 4.69) is 15.3 Å². The van der Waals surface area contributed by atoms with Crippen LogP contribution in [0.4, 0.5) is 26.3 Å². The number of hydrogen-bond acceptors (Lipinski definition) is 7. The van der Waals surface area contributed by atoms with Gasteiger partial charge in [-0.3, -0.25) is 4.79 Å². The summed E-state index contributed by atoms with van der Waals surface area (Å²) < 4.78 is 79.6. The van der Waals surface area contributed by atoms with Gasteiger partial charge in [-0.05, 0) is 95.1 Å². The number of thiophene rings is 2. The number of carboxylic acids is 1. The fraction of sp³-hybridized carbons (Fsp3) is 0.130. The molecule has 0 radical (unpaired) electrons. The number of fused-ring (bicyclic) bond motifs is 2. The first kappa shape index (κ1) is 42.7. The van der Waals surface area contributed by atoms with Gasteiger partial charge in [0.2, 0.25) is 0 Å². The Kier molecular flexibility index (Phi) is 12.6. The monoisotopic (exact) mass is 869 g/mol. The van der Waals surface area contributed by atoms with Crippen molar-refractivity contribution in [3.63, 3.8) is 0 Å². The highest BCUT2D eigenvalue weighted by atomic mass is 32.1. The second-order valence-electron chi connectivity index (χ2n) is 13.7. The summed E-state index contributed by atoms with van der Waals surface area (Å²) in [5.74, 6) is -1.27. The van der Waals surface area contributed by atoms with Gasteiger partial charge in [-0.25, -0.2) is 14.8 Å². The smallest absolute Gasteiger partial charge is 0.433 e. The van der Waals surface area contributed by atoms with Crippen LogP contribution in [0.15, 0.2) is 133 Å². The molecule has 4 heterocycles. The van der Waals surface area contributed by atoms with Gasteiger partial charge in [-0.15, -0.1) is 22.7 Å². The van der Waals surface area contributed by atoms with Crippen molar-refractivity contribution in [2.45, 2.75) is 25.2 Å². The molecule has 3 N–H and O–H groups in total. The lowest BCUT2D eigenvalue weighted by Crippen LogP contribution is -2.26. The molecular formula is C46H33F6N3O4S2. The zero-order chi connectivity index (χ0) is 43.3. The minimum absolute atomic E-state index is 0.136. The third-order valence-corrected chi connectivity index (χ3v) is 11.6. The molecule has 0 saturated carbocycles. The fourth-order valence-electron chi connectivity index (χ4n) is 6.65. The minimum atomic E-state index is -4.47. The molecule has 0 aliphatic heterocycles. The van der Waals surface area contributed by atoms with E-state index < -0.39 is 29.7 Å². The zero-order valence-corrected chi connectivity index (χ0v) is 33.4. The molecule has 0 atom stereocenters. The number of aliphatic hydroxyl groups excluding tert-OH is 1. The minimum Gasteiger partial charge on any atom is -0.478 e. The van der Waals surface area contributed by atoms with Crippen molar-refractivity contribution in [2.75, 3.05) is 13.2 Å². The normalized spacial score (nSPS) is 11.7. The summed E-state index contributed by atoms with van der Waals surface area (Å²) in [4.78, 5) is 32.8. The molecule has 4 aromatic carbocycles. The summed E-state index contributed by atoms with van der Waals surface area (Å²) >= 11 is 2.99. The van der Waals surface area contributed by atoms with E-state index in [9.17, 15) is 41.0 Å². The number of aromatic nitrogens is 2. The van der Waals surface area contributed by atoms with E-state index in [1.54, 1.807) is 42.5 Å². The van der Waals surface area contributed by atoms with Gasteiger partial charge in [-0.2, -0.15) is 26.3 Å². The predicted molar refractivity (Wildman–Crippen MR) is 225 cm³/mol. The van der Waals surface area contributed by atoms with Crippen LogP contribution in [0, 0.1) is 0 Å². The van der Waals surface area contributed by atoms with Gasteiger partial charge in [0.1, 0.15) is 11.4 Å². The summed E-state index contributed by atoms with van der Waals surface area (Å²) in [5.41, 5.74) is 3.03. The van der Waals surface area contributed by atoms with Gasteiger partial charge < -0.3 is 15.5 Å². The van der Waals surface area contributed by atoms with E-state index in [1.807, 2.05) is 60.7 Å². The van der Waals surface area contributed by atoms with E-state index in [4.69, 9.17) is 5.11 Å². The summed E-state index contributed by atoms with van der Waals surface area (Å²) in [5, 5.41) is 22.7. The third-order valence-electron chi connectivity index (χ3n) is 9.38. The summed E-state index contributed by atoms with van der Waals surface area (Å²) in [6.45, 7) is 0.0409. The lowest BCUT2D eigenvalue weighted by Gasteiger charge is -2.07. The molecule has 4 aromatic heterocycles. The van der Waals surface area contributed by atoms with E-state index in [-0.39, 0.29) is 31.0 Å². The van der Waals surface area contributed by atoms with Gasteiger partial charge in [0.15, 0.2) is 0 Å². The number of hydrogen-bond donors (Lipinski definition) is 3. The quantitative estimate of drug-likeness (QED) is 0.118. The first-order valence-corrected chi connectivity index (χ1v) is 20.2. The van der Waals surface area contributed by atoms with Crippen LogP contribution in [0.25, 0.3) is 42.4 Å². The number of benzene rings is 4. The number of pyridine rings is 2. The zero-order valence-electron chi connectivity index (χ0n) is 31.7. The second-order valence-corrected chi connectivity index (χ2v) is 16.0. The maximum atomic E-state index is 13.0. The Morgan fingerprint density at radius 2 is 1.02 bits per heavy atom. The molecule has 0 spiro atoms. The number of alkyl halides is 6. The van der Waals surface area contributed by atoms with Gasteiger partial charge in [0.05, 0.1) is 12.2 Å². The lowest BCUT2D eigenvalue weighted by molar-refractivity contribution is -0.142. The molecule has 8 rings (SSSR count). The highest BCUT2D eigenvalue weighted by Crippen LogP contribution is 2.37. The molecule has 7 nitrogen and oxygen atoms in total. The van der Waals surface area contributed by atoms with Gasteiger partial charge >= 0.3 is 18.3 Å². The van der Waals surface area contributed by atoms with Gasteiger partial charge in [0, 0.05) is 66.3 Å². The van der Waals surface area contributed by atoms with Crippen LogP contribution in [0.3, 0.4) is 0 Å². The molecule has 15 heteroatoms. The molecule has 1 amide bonds. The SMILES string of the molecule is O=C(NCCO)c1cccc(-c2cccc3sc(Cc4cccc(C(F)(F)F)n4)cc23)c1.O=C(O)c1cccc(-c2cccc3sc(Cc4cccc(C(F)(F)F)n4)cc23)c1. The number of rotatable bonds is 10. The molecule has 0 aliphatic carbocycles. The summed E-state index contributed by atoms with van der Waals surface area (Å²) in [6, 6.07) is 37.2. The van der Waals surface area contributed by atoms with Crippen molar-refractivity contribution in [1.29, 1.82) is 0 Å². The molecule has 0 unspecified atom stereocenters. The van der Waals surface area contributed by atoms with E-state index in [0.717, 1.165) is 64.3 Å². The molecular weight excluding hydrogens is 837 g/mol. The largest absolute Gasteiger partial charge is 0.478 e. The second kappa shape index (κ2) is 18.1. The third kappa shape index (κ3) is 10.3. The molecule has 61 heavy (non-hydrogen) atoms. The lowest BCUT2D eigenvalue weighted by atomic mass is 9.99. The number of aromatic carboxylic acids is 1. The maximum absolute atomic E-state index is 13.0. The molecule has 0 bridgehead atoms. The Balaban J connectivity index is 0.000000185. The number of aliphatic hydroxyl groups is 1. The first-order chi connectivity index (χ1) is 29.2. The average Bonchev–Trinajstić information content (AvgIpc) is 3.86. The Hall–Kier alpha value is -6.42. The van der Waals surface area contributed by atoms with Gasteiger partial charge in [0.25, 0.3) is 5.91 Å². The van der Waals surface area contributed by atoms with Crippen LogP contribution in [-0.4, -0.2) is 45.2 Å². The van der Waals surface area contributed by atoms with E-state index >= 15 is 0 Å². The Morgan fingerprint density at radius 1 is 0.574 bits per heavy atom. The number of carboxylic acid groups (broad SMARTS) is 1. The standard InChI is InChI=1S/C24H19F3N2O2S.C22H14F3NO2S/c25-24(26,27)22-9-2-6-17(29-22)13-18-14-20-19(7-3-8-21(20)32-18)15-4-1-5-16(12-15)23(31)28-10-11-30;23-22(24,25)20-9-2-6-15(26-20)11-16-12-18-17(7-3-8-19(18)29-16)13-4-1-5-14(10-13)21(27)28/h1-9,12,14,30H,10-11,13H2,(H,28,31);1-10,12H,11H2,(H,27,28). The highest BCUT2D eigenvalue weighted by Gasteiger charge is 2.33.